The zero-order valence-corrected chi connectivity index (χ0v) is 19.1. The van der Waals surface area contributed by atoms with E-state index in [2.05, 4.69) is 138 Å². The molecule has 0 aliphatic heterocycles. The average Bonchev–Trinajstić information content (AvgIpc) is 2.89. The Balaban J connectivity index is 1.77. The molecule has 0 aliphatic carbocycles. The molecular formula is C32H21Si. The summed E-state index contributed by atoms with van der Waals surface area (Å²) in [6, 6.07) is 45.5. The molecule has 0 saturated carbocycles. The second-order valence-electron chi connectivity index (χ2n) is 8.33. The minimum Gasteiger partial charge on any atom is -0.0616 e. The molecule has 0 N–H and O–H groups in total. The lowest BCUT2D eigenvalue weighted by molar-refractivity contribution is 1.61. The van der Waals surface area contributed by atoms with Crippen molar-refractivity contribution in [2.45, 2.75) is 0 Å². The zero-order chi connectivity index (χ0) is 22.2. The van der Waals surface area contributed by atoms with Crippen molar-refractivity contribution >= 4 is 53.3 Å². The summed E-state index contributed by atoms with van der Waals surface area (Å²) >= 11 is 0. The van der Waals surface area contributed by atoms with E-state index in [1.165, 1.54) is 54.6 Å². The maximum Gasteiger partial charge on any atom is 0.0729 e. The van der Waals surface area contributed by atoms with E-state index in [1.807, 2.05) is 0 Å². The van der Waals surface area contributed by atoms with Gasteiger partial charge in [-0.2, -0.15) is 0 Å². The quantitative estimate of drug-likeness (QED) is 0.195. The van der Waals surface area contributed by atoms with Gasteiger partial charge in [0.05, 0.1) is 10.2 Å². The minimum absolute atomic E-state index is 1.10. The van der Waals surface area contributed by atoms with E-state index in [1.54, 1.807) is 0 Å². The molecule has 0 aromatic heterocycles. The van der Waals surface area contributed by atoms with Crippen molar-refractivity contribution in [3.05, 3.63) is 144 Å². The van der Waals surface area contributed by atoms with E-state index in [9.17, 15) is 0 Å². The fraction of sp³-hybridized carbons (Fsp3) is 0. The highest BCUT2D eigenvalue weighted by atomic mass is 28.1. The van der Waals surface area contributed by atoms with Gasteiger partial charge in [0.1, 0.15) is 0 Å². The number of rotatable bonds is 3. The maximum absolute atomic E-state index is 4.17. The smallest absolute Gasteiger partial charge is 0.0616 e. The molecule has 6 aromatic carbocycles. The van der Waals surface area contributed by atoms with Crippen molar-refractivity contribution in [1.29, 1.82) is 0 Å². The minimum atomic E-state index is 1.10. The zero-order valence-electron chi connectivity index (χ0n) is 18.1. The molecule has 0 heterocycles. The van der Waals surface area contributed by atoms with Crippen LogP contribution in [0.1, 0.15) is 16.7 Å². The predicted octanol–water partition coefficient (Wildman–Crippen LogP) is 8.23. The van der Waals surface area contributed by atoms with Crippen molar-refractivity contribution in [3.63, 3.8) is 0 Å². The van der Waals surface area contributed by atoms with Crippen molar-refractivity contribution in [3.8, 4) is 0 Å². The van der Waals surface area contributed by atoms with Crippen LogP contribution in [0.4, 0.5) is 0 Å². The highest BCUT2D eigenvalue weighted by Crippen LogP contribution is 2.39. The molecule has 0 saturated heterocycles. The molecule has 0 unspecified atom stereocenters. The first-order valence-electron chi connectivity index (χ1n) is 11.2. The third-order valence-corrected chi connectivity index (χ3v) is 6.95. The number of benzene rings is 6. The summed E-state index contributed by atoms with van der Waals surface area (Å²) in [6.45, 7) is 0. The Morgan fingerprint density at radius 1 is 0.364 bits per heavy atom. The Labute approximate surface area is 197 Å². The summed E-state index contributed by atoms with van der Waals surface area (Å²) in [5.74, 6) is 0. The molecule has 3 radical (unpaired) electrons. The molecule has 6 aromatic rings. The van der Waals surface area contributed by atoms with Crippen LogP contribution in [0.25, 0.3) is 43.1 Å². The molecule has 153 valence electrons. The van der Waals surface area contributed by atoms with Crippen LogP contribution < -0.4 is 0 Å². The Bertz CT molecular complexity index is 1580. The van der Waals surface area contributed by atoms with E-state index in [-0.39, 0.29) is 0 Å². The van der Waals surface area contributed by atoms with Crippen molar-refractivity contribution < 1.29 is 0 Å². The van der Waals surface area contributed by atoms with E-state index < -0.39 is 0 Å². The Hall–Kier alpha value is -3.94. The molecule has 0 spiro atoms. The molecule has 0 amide bonds. The van der Waals surface area contributed by atoms with Crippen LogP contribution in [0, 0.1) is 0 Å². The largest absolute Gasteiger partial charge is 0.0729 e. The monoisotopic (exact) mass is 433 g/mol. The third kappa shape index (κ3) is 3.38. The molecule has 0 fully saturated rings. The average molecular weight is 434 g/mol. The summed E-state index contributed by atoms with van der Waals surface area (Å²) in [7, 11) is 4.17. The van der Waals surface area contributed by atoms with Gasteiger partial charge in [0.25, 0.3) is 0 Å². The number of hydrogen-bond acceptors (Lipinski definition) is 0. The molecule has 0 bridgehead atoms. The number of hydrogen-bond donors (Lipinski definition) is 0. The first-order chi connectivity index (χ1) is 16.3. The fourth-order valence-corrected chi connectivity index (χ4v) is 5.37. The van der Waals surface area contributed by atoms with Gasteiger partial charge in [0.2, 0.25) is 0 Å². The number of fused-ring (bicyclic) bond motifs is 3. The van der Waals surface area contributed by atoms with Crippen LogP contribution in [0.5, 0.6) is 0 Å². The van der Waals surface area contributed by atoms with E-state index in [4.69, 9.17) is 0 Å². The first-order valence-corrected chi connectivity index (χ1v) is 11.7. The summed E-state index contributed by atoms with van der Waals surface area (Å²) in [6.07, 6.45) is 0. The van der Waals surface area contributed by atoms with Gasteiger partial charge in [0, 0.05) is 0 Å². The van der Waals surface area contributed by atoms with Crippen LogP contribution in [0.3, 0.4) is 0 Å². The van der Waals surface area contributed by atoms with Gasteiger partial charge in [0.15, 0.2) is 0 Å². The van der Waals surface area contributed by atoms with Gasteiger partial charge in [-0.15, -0.1) is 0 Å². The summed E-state index contributed by atoms with van der Waals surface area (Å²) in [5.41, 5.74) is 4.85. The summed E-state index contributed by atoms with van der Waals surface area (Å²) in [4.78, 5) is 0. The maximum atomic E-state index is 4.17. The van der Waals surface area contributed by atoms with Gasteiger partial charge in [-0.3, -0.25) is 0 Å². The van der Waals surface area contributed by atoms with Crippen molar-refractivity contribution in [2.24, 2.45) is 0 Å². The molecule has 33 heavy (non-hydrogen) atoms. The lowest BCUT2D eigenvalue weighted by Crippen LogP contribution is -1.98. The lowest BCUT2D eigenvalue weighted by Gasteiger charge is -2.19. The van der Waals surface area contributed by atoms with Gasteiger partial charge in [-0.1, -0.05) is 133 Å². The normalized spacial score (nSPS) is 11.2. The second kappa shape index (κ2) is 8.20. The molecule has 0 aliphatic rings. The highest BCUT2D eigenvalue weighted by Gasteiger charge is 2.17. The molecular weight excluding hydrogens is 412 g/mol. The fourth-order valence-electron chi connectivity index (χ4n) is 4.88. The van der Waals surface area contributed by atoms with Crippen molar-refractivity contribution in [2.75, 3.05) is 0 Å². The highest BCUT2D eigenvalue weighted by molar-refractivity contribution is 6.49. The molecule has 0 atom stereocenters. The van der Waals surface area contributed by atoms with Crippen LogP contribution in [-0.2, 0) is 0 Å². The van der Waals surface area contributed by atoms with Gasteiger partial charge < -0.3 is 0 Å². The molecule has 1 heteroatoms. The predicted molar refractivity (Wildman–Crippen MR) is 144 cm³/mol. The van der Waals surface area contributed by atoms with Crippen LogP contribution >= 0.6 is 0 Å². The summed E-state index contributed by atoms with van der Waals surface area (Å²) in [5, 5.41) is 8.55. The third-order valence-electron chi connectivity index (χ3n) is 6.43. The topological polar surface area (TPSA) is 0 Å². The molecule has 6 rings (SSSR count). The van der Waals surface area contributed by atoms with E-state index >= 15 is 0 Å². The Morgan fingerprint density at radius 3 is 1.15 bits per heavy atom. The second-order valence-corrected chi connectivity index (χ2v) is 8.83. The van der Waals surface area contributed by atoms with Crippen molar-refractivity contribution in [1.82, 2.24) is 0 Å². The Kier molecular flexibility index (Phi) is 4.90. The first kappa shape index (κ1) is 19.7. The standard InChI is InChI=1S/C32H21Si/c33-32(30-21-9-15-24-12-3-6-18-27(24)30)31(28-19-7-13-22-10-1-4-16-25(22)28)29-20-8-14-23-11-2-5-17-26(23)29/h1-21H. The van der Waals surface area contributed by atoms with E-state index in [0.717, 1.165) is 5.20 Å². The SMILES string of the molecule is [Si]C(=C(c1cccc2ccccc12)c1cccc2ccccc12)c1cccc2ccccc12. The van der Waals surface area contributed by atoms with Gasteiger partial charge in [-0.25, -0.2) is 0 Å². The van der Waals surface area contributed by atoms with E-state index in [0.29, 0.717) is 0 Å². The molecule has 0 nitrogen and oxygen atoms in total. The summed E-state index contributed by atoms with van der Waals surface area (Å²) < 4.78 is 0. The lowest BCUT2D eigenvalue weighted by atomic mass is 9.88. The Morgan fingerprint density at radius 2 is 0.697 bits per heavy atom. The van der Waals surface area contributed by atoms with Gasteiger partial charge in [-0.05, 0) is 54.6 Å². The van der Waals surface area contributed by atoms with Crippen LogP contribution in [-0.4, -0.2) is 10.2 Å². The van der Waals surface area contributed by atoms with Crippen LogP contribution in [0.2, 0.25) is 0 Å². The van der Waals surface area contributed by atoms with Gasteiger partial charge >= 0.3 is 0 Å². The van der Waals surface area contributed by atoms with Crippen LogP contribution in [0.15, 0.2) is 127 Å².